The third-order valence-corrected chi connectivity index (χ3v) is 7.41. The van der Waals surface area contributed by atoms with Gasteiger partial charge in [-0.05, 0) is 31.9 Å². The fourth-order valence-electron chi connectivity index (χ4n) is 2.87. The molecule has 0 N–H and O–H groups in total. The molecule has 3 rings (SSSR count). The van der Waals surface area contributed by atoms with Crippen molar-refractivity contribution in [3.63, 3.8) is 0 Å². The van der Waals surface area contributed by atoms with Crippen LogP contribution in [-0.2, 0) is 10.0 Å². The second-order valence-corrected chi connectivity index (χ2v) is 9.26. The number of sulfonamides is 1. The quantitative estimate of drug-likeness (QED) is 0.755. The lowest BCUT2D eigenvalue weighted by Crippen LogP contribution is -2.38. The van der Waals surface area contributed by atoms with Crippen molar-refractivity contribution in [2.45, 2.75) is 43.5 Å². The number of nitrogens with zero attached hydrogens (tertiary/aromatic N) is 3. The van der Waals surface area contributed by atoms with E-state index in [4.69, 9.17) is 11.6 Å². The summed E-state index contributed by atoms with van der Waals surface area (Å²) in [5, 5.41) is 9.26. The Hall–Kier alpha value is -1.16. The zero-order valence-electron chi connectivity index (χ0n) is 13.3. The second-order valence-electron chi connectivity index (χ2n) is 5.78. The molecule has 10 heteroatoms. The van der Waals surface area contributed by atoms with E-state index in [9.17, 15) is 17.2 Å². The smallest absolute Gasteiger partial charge is 0.207 e. The van der Waals surface area contributed by atoms with Crippen LogP contribution in [0, 0.1) is 6.92 Å². The number of aryl methyl sites for hydroxylation is 1. The van der Waals surface area contributed by atoms with Gasteiger partial charge in [-0.1, -0.05) is 24.1 Å². The van der Waals surface area contributed by atoms with E-state index in [0.29, 0.717) is 18.0 Å². The van der Waals surface area contributed by atoms with Crippen LogP contribution in [0.3, 0.4) is 0 Å². The molecule has 2 heterocycles. The SMILES string of the molecule is Cc1nnc([C@@H]2CCCCN2S(=O)(=O)c2ccc(C(F)F)cc2Cl)s1. The van der Waals surface area contributed by atoms with Crippen molar-refractivity contribution < 1.29 is 17.2 Å². The lowest BCUT2D eigenvalue weighted by atomic mass is 10.1. The van der Waals surface area contributed by atoms with Crippen LogP contribution >= 0.6 is 22.9 Å². The van der Waals surface area contributed by atoms with E-state index in [-0.39, 0.29) is 15.5 Å². The Bertz CT molecular complexity index is 873. The summed E-state index contributed by atoms with van der Waals surface area (Å²) in [6.07, 6.45) is -0.463. The van der Waals surface area contributed by atoms with Crippen LogP contribution in [-0.4, -0.2) is 29.5 Å². The van der Waals surface area contributed by atoms with E-state index in [1.165, 1.54) is 15.6 Å². The first kappa shape index (κ1) is 18.6. The van der Waals surface area contributed by atoms with Gasteiger partial charge in [0.15, 0.2) is 0 Å². The van der Waals surface area contributed by atoms with Crippen LogP contribution in [0.2, 0.25) is 5.02 Å². The standard InChI is InChI=1S/C15H16ClF2N3O2S2/c1-9-19-20-15(24-9)12-4-2-3-7-21(12)25(22,23)13-6-5-10(14(17)18)8-11(13)16/h5-6,8,12,14H,2-4,7H2,1H3/t12-/m0/s1. The maximum atomic E-state index is 13.1. The number of hydrogen-bond acceptors (Lipinski definition) is 5. The Kier molecular flexibility index (Phi) is 5.38. The summed E-state index contributed by atoms with van der Waals surface area (Å²) in [6.45, 7) is 2.14. The summed E-state index contributed by atoms with van der Waals surface area (Å²) >= 11 is 7.37. The fraction of sp³-hybridized carbons (Fsp3) is 0.467. The molecule has 1 atom stereocenters. The van der Waals surface area contributed by atoms with Gasteiger partial charge >= 0.3 is 0 Å². The van der Waals surface area contributed by atoms with Gasteiger partial charge in [0.25, 0.3) is 6.43 Å². The molecule has 1 aromatic heterocycles. The third kappa shape index (κ3) is 3.69. The lowest BCUT2D eigenvalue weighted by molar-refractivity contribution is 0.151. The molecule has 1 aromatic carbocycles. The lowest BCUT2D eigenvalue weighted by Gasteiger charge is -2.33. The van der Waals surface area contributed by atoms with Gasteiger partial charge < -0.3 is 0 Å². The Morgan fingerprint density at radius 2 is 2.08 bits per heavy atom. The van der Waals surface area contributed by atoms with Gasteiger partial charge in [0.2, 0.25) is 10.0 Å². The molecule has 1 aliphatic heterocycles. The van der Waals surface area contributed by atoms with Gasteiger partial charge in [0, 0.05) is 12.1 Å². The highest BCUT2D eigenvalue weighted by molar-refractivity contribution is 7.89. The van der Waals surface area contributed by atoms with Crippen molar-refractivity contribution in [2.75, 3.05) is 6.54 Å². The summed E-state index contributed by atoms with van der Waals surface area (Å²) < 4.78 is 53.1. The highest BCUT2D eigenvalue weighted by atomic mass is 35.5. The maximum Gasteiger partial charge on any atom is 0.263 e. The highest BCUT2D eigenvalue weighted by Crippen LogP contribution is 2.38. The highest BCUT2D eigenvalue weighted by Gasteiger charge is 2.37. The number of piperidine rings is 1. The van der Waals surface area contributed by atoms with Crippen LogP contribution in [0.1, 0.15) is 47.3 Å². The number of aromatic nitrogens is 2. The first-order valence-electron chi connectivity index (χ1n) is 7.70. The molecule has 25 heavy (non-hydrogen) atoms. The van der Waals surface area contributed by atoms with E-state index < -0.39 is 22.5 Å². The number of halogens is 3. The molecule has 0 spiro atoms. The van der Waals surface area contributed by atoms with Gasteiger partial charge in [-0.15, -0.1) is 21.5 Å². The molecule has 0 unspecified atom stereocenters. The van der Waals surface area contributed by atoms with Crippen molar-refractivity contribution in [3.8, 4) is 0 Å². The molecule has 1 fully saturated rings. The fourth-order valence-corrected chi connectivity index (χ4v) is 5.98. The number of alkyl halides is 2. The van der Waals surface area contributed by atoms with Crippen LogP contribution in [0.5, 0.6) is 0 Å². The van der Waals surface area contributed by atoms with Crippen molar-refractivity contribution in [2.24, 2.45) is 0 Å². The molecule has 0 saturated carbocycles. The molecular formula is C15H16ClF2N3O2S2. The Balaban J connectivity index is 2.00. The van der Waals surface area contributed by atoms with Crippen LogP contribution in [0.25, 0.3) is 0 Å². The summed E-state index contributed by atoms with van der Waals surface area (Å²) in [6, 6.07) is 2.84. The minimum absolute atomic E-state index is 0.160. The summed E-state index contributed by atoms with van der Waals surface area (Å²) in [5.41, 5.74) is -0.307. The van der Waals surface area contributed by atoms with E-state index in [1.54, 1.807) is 0 Å². The summed E-state index contributed by atoms with van der Waals surface area (Å²) in [4.78, 5) is -0.160. The molecule has 0 radical (unpaired) electrons. The average Bonchev–Trinajstić information content (AvgIpc) is 3.01. The van der Waals surface area contributed by atoms with Gasteiger partial charge in [0.05, 0.1) is 11.1 Å². The van der Waals surface area contributed by atoms with Crippen molar-refractivity contribution in [3.05, 3.63) is 38.8 Å². The summed E-state index contributed by atoms with van der Waals surface area (Å²) in [7, 11) is -3.93. The molecule has 5 nitrogen and oxygen atoms in total. The van der Waals surface area contributed by atoms with Crippen LogP contribution in [0.15, 0.2) is 23.1 Å². The van der Waals surface area contributed by atoms with Gasteiger partial charge in [-0.2, -0.15) is 4.31 Å². The zero-order valence-corrected chi connectivity index (χ0v) is 15.7. The molecule has 0 amide bonds. The average molecular weight is 408 g/mol. The zero-order chi connectivity index (χ0) is 18.2. The monoisotopic (exact) mass is 407 g/mol. The Morgan fingerprint density at radius 3 is 2.68 bits per heavy atom. The van der Waals surface area contributed by atoms with Gasteiger partial charge in [-0.25, -0.2) is 17.2 Å². The number of rotatable bonds is 4. The van der Waals surface area contributed by atoms with E-state index in [1.807, 2.05) is 6.92 Å². The number of benzene rings is 1. The predicted molar refractivity (Wildman–Crippen MR) is 91.5 cm³/mol. The van der Waals surface area contributed by atoms with E-state index in [2.05, 4.69) is 10.2 Å². The normalized spacial score (nSPS) is 19.5. The largest absolute Gasteiger partial charge is 0.263 e. The second kappa shape index (κ2) is 7.22. The van der Waals surface area contributed by atoms with Gasteiger partial charge in [0.1, 0.15) is 14.9 Å². The first-order valence-corrected chi connectivity index (χ1v) is 10.3. The van der Waals surface area contributed by atoms with Crippen molar-refractivity contribution in [1.82, 2.24) is 14.5 Å². The third-order valence-electron chi connectivity index (χ3n) is 4.07. The maximum absolute atomic E-state index is 13.1. The molecule has 136 valence electrons. The van der Waals surface area contributed by atoms with Crippen LogP contribution < -0.4 is 0 Å². The Morgan fingerprint density at radius 1 is 1.32 bits per heavy atom. The summed E-state index contributed by atoms with van der Waals surface area (Å²) in [5.74, 6) is 0. The van der Waals surface area contributed by atoms with Crippen molar-refractivity contribution >= 4 is 33.0 Å². The topological polar surface area (TPSA) is 63.2 Å². The molecule has 1 aliphatic rings. The van der Waals surface area contributed by atoms with E-state index in [0.717, 1.165) is 36.0 Å². The number of hydrogen-bond donors (Lipinski definition) is 0. The minimum atomic E-state index is -3.93. The molecule has 2 aromatic rings. The molecule has 0 bridgehead atoms. The van der Waals surface area contributed by atoms with Crippen LogP contribution in [0.4, 0.5) is 8.78 Å². The van der Waals surface area contributed by atoms with Crippen molar-refractivity contribution in [1.29, 1.82) is 0 Å². The van der Waals surface area contributed by atoms with E-state index >= 15 is 0 Å². The minimum Gasteiger partial charge on any atom is -0.207 e. The molecule has 1 saturated heterocycles. The van der Waals surface area contributed by atoms with Gasteiger partial charge in [-0.3, -0.25) is 0 Å². The first-order chi connectivity index (χ1) is 11.8. The Labute approximate surface area is 153 Å². The molecular weight excluding hydrogens is 392 g/mol. The molecule has 0 aliphatic carbocycles. The predicted octanol–water partition coefficient (Wildman–Crippen LogP) is 4.35.